The molecule has 1 N–H and O–H groups in total. The van der Waals surface area contributed by atoms with Crippen LogP contribution in [0.25, 0.3) is 0 Å². The molecule has 0 aliphatic carbocycles. The molecule has 2 aliphatic rings. The number of carbonyl (C=O) groups is 1. The van der Waals surface area contributed by atoms with Gasteiger partial charge in [-0.2, -0.15) is 4.31 Å². The van der Waals surface area contributed by atoms with Crippen LogP contribution in [0.5, 0.6) is 0 Å². The average molecular weight is 457 g/mol. The van der Waals surface area contributed by atoms with Crippen LogP contribution in [-0.2, 0) is 21.4 Å². The summed E-state index contributed by atoms with van der Waals surface area (Å²) in [6.07, 6.45) is 2.47. The van der Waals surface area contributed by atoms with E-state index in [1.807, 2.05) is 42.2 Å². The summed E-state index contributed by atoms with van der Waals surface area (Å²) in [5, 5.41) is 3.07. The van der Waals surface area contributed by atoms with Crippen molar-refractivity contribution < 1.29 is 13.2 Å². The molecule has 0 aromatic heterocycles. The summed E-state index contributed by atoms with van der Waals surface area (Å²) in [5.41, 5.74) is 3.03. The first-order valence-electron chi connectivity index (χ1n) is 11.3. The zero-order valence-corrected chi connectivity index (χ0v) is 19.5. The number of likely N-dealkylation sites (tertiary alicyclic amines) is 1. The Kier molecular flexibility index (Phi) is 7.25. The maximum Gasteiger partial charge on any atom is 0.243 e. The summed E-state index contributed by atoms with van der Waals surface area (Å²) in [6, 6.07) is 14.9. The van der Waals surface area contributed by atoms with Crippen LogP contribution in [-0.4, -0.2) is 74.2 Å². The molecule has 0 bridgehead atoms. The van der Waals surface area contributed by atoms with Crippen LogP contribution in [0.4, 0.5) is 5.69 Å². The second-order valence-electron chi connectivity index (χ2n) is 8.68. The van der Waals surface area contributed by atoms with Gasteiger partial charge in [0.15, 0.2) is 0 Å². The summed E-state index contributed by atoms with van der Waals surface area (Å²) in [6.45, 7) is 7.11. The van der Waals surface area contributed by atoms with Crippen LogP contribution in [0, 0.1) is 6.92 Å². The van der Waals surface area contributed by atoms with Crippen molar-refractivity contribution in [3.8, 4) is 0 Å². The van der Waals surface area contributed by atoms with E-state index in [1.165, 1.54) is 17.1 Å². The van der Waals surface area contributed by atoms with Gasteiger partial charge in [0.2, 0.25) is 15.9 Å². The number of anilines is 1. The van der Waals surface area contributed by atoms with Gasteiger partial charge >= 0.3 is 0 Å². The van der Waals surface area contributed by atoms with Gasteiger partial charge in [-0.3, -0.25) is 14.6 Å². The molecule has 0 spiro atoms. The van der Waals surface area contributed by atoms with Gasteiger partial charge in [-0.05, 0) is 56.6 Å². The quantitative estimate of drug-likeness (QED) is 0.693. The molecular weight excluding hydrogens is 424 g/mol. The first-order valence-corrected chi connectivity index (χ1v) is 12.7. The van der Waals surface area contributed by atoms with E-state index in [1.54, 1.807) is 12.1 Å². The SMILES string of the molecule is Cc1ccc(S(=O)(=O)N2CCN(CC(=O)Nc3ccccc3CN3CCCC3)CC2)cc1. The van der Waals surface area contributed by atoms with Crippen molar-refractivity contribution in [3.63, 3.8) is 0 Å². The molecule has 172 valence electrons. The van der Waals surface area contributed by atoms with E-state index < -0.39 is 10.0 Å². The molecule has 4 rings (SSSR count). The van der Waals surface area contributed by atoms with E-state index >= 15 is 0 Å². The maximum atomic E-state index is 12.9. The van der Waals surface area contributed by atoms with Gasteiger partial charge in [0.25, 0.3) is 0 Å². The number of amides is 1. The van der Waals surface area contributed by atoms with Crippen molar-refractivity contribution in [1.82, 2.24) is 14.1 Å². The van der Waals surface area contributed by atoms with Gasteiger partial charge in [-0.25, -0.2) is 8.42 Å². The van der Waals surface area contributed by atoms with Crippen LogP contribution < -0.4 is 5.32 Å². The van der Waals surface area contributed by atoms with E-state index in [4.69, 9.17) is 0 Å². The number of rotatable bonds is 7. The van der Waals surface area contributed by atoms with Gasteiger partial charge in [-0.1, -0.05) is 35.9 Å². The second kappa shape index (κ2) is 10.1. The minimum Gasteiger partial charge on any atom is -0.325 e. The van der Waals surface area contributed by atoms with Crippen LogP contribution in [0.2, 0.25) is 0 Å². The number of nitrogens with zero attached hydrogens (tertiary/aromatic N) is 3. The second-order valence-corrected chi connectivity index (χ2v) is 10.6. The maximum absolute atomic E-state index is 12.9. The van der Waals surface area contributed by atoms with Gasteiger partial charge < -0.3 is 5.32 Å². The van der Waals surface area contributed by atoms with Crippen molar-refractivity contribution in [3.05, 3.63) is 59.7 Å². The summed E-state index contributed by atoms with van der Waals surface area (Å²) in [4.78, 5) is 17.5. The Bertz CT molecular complexity index is 1030. The molecule has 2 saturated heterocycles. The van der Waals surface area contributed by atoms with Crippen molar-refractivity contribution in [1.29, 1.82) is 0 Å². The molecule has 0 atom stereocenters. The lowest BCUT2D eigenvalue weighted by Gasteiger charge is -2.33. The molecule has 32 heavy (non-hydrogen) atoms. The fraction of sp³-hybridized carbons (Fsp3) is 0.458. The third-order valence-corrected chi connectivity index (χ3v) is 8.15. The Hall–Kier alpha value is -2.26. The van der Waals surface area contributed by atoms with Crippen LogP contribution in [0.15, 0.2) is 53.4 Å². The Morgan fingerprint density at radius 1 is 0.875 bits per heavy atom. The highest BCUT2D eigenvalue weighted by Crippen LogP contribution is 2.21. The summed E-state index contributed by atoms with van der Waals surface area (Å²) < 4.78 is 27.3. The monoisotopic (exact) mass is 456 g/mol. The minimum absolute atomic E-state index is 0.0614. The van der Waals surface area contributed by atoms with E-state index in [9.17, 15) is 13.2 Å². The molecule has 7 nitrogen and oxygen atoms in total. The fourth-order valence-corrected chi connectivity index (χ4v) is 5.76. The van der Waals surface area contributed by atoms with E-state index in [-0.39, 0.29) is 12.5 Å². The van der Waals surface area contributed by atoms with E-state index in [0.717, 1.165) is 36.4 Å². The number of piperazine rings is 1. The lowest BCUT2D eigenvalue weighted by molar-refractivity contribution is -0.117. The van der Waals surface area contributed by atoms with Crippen LogP contribution >= 0.6 is 0 Å². The predicted molar refractivity (Wildman–Crippen MR) is 126 cm³/mol. The van der Waals surface area contributed by atoms with Gasteiger partial charge in [-0.15, -0.1) is 0 Å². The average Bonchev–Trinajstić information content (AvgIpc) is 3.29. The minimum atomic E-state index is -3.49. The fourth-order valence-electron chi connectivity index (χ4n) is 4.34. The highest BCUT2D eigenvalue weighted by molar-refractivity contribution is 7.89. The summed E-state index contributed by atoms with van der Waals surface area (Å²) in [7, 11) is -3.49. The summed E-state index contributed by atoms with van der Waals surface area (Å²) >= 11 is 0. The van der Waals surface area contributed by atoms with E-state index in [2.05, 4.69) is 16.3 Å². The molecule has 2 aliphatic heterocycles. The van der Waals surface area contributed by atoms with E-state index in [0.29, 0.717) is 31.1 Å². The normalized spacial score (nSPS) is 18.7. The molecule has 0 saturated carbocycles. The smallest absolute Gasteiger partial charge is 0.243 e. The number of para-hydroxylation sites is 1. The lowest BCUT2D eigenvalue weighted by atomic mass is 10.1. The summed E-state index contributed by atoms with van der Waals surface area (Å²) in [5.74, 6) is -0.0614. The number of hydrogen-bond donors (Lipinski definition) is 1. The van der Waals surface area contributed by atoms with Crippen LogP contribution in [0.1, 0.15) is 24.0 Å². The van der Waals surface area contributed by atoms with Crippen molar-refractivity contribution in [2.75, 3.05) is 51.1 Å². The third kappa shape index (κ3) is 5.56. The largest absolute Gasteiger partial charge is 0.325 e. The molecular formula is C24H32N4O3S. The van der Waals surface area contributed by atoms with Gasteiger partial charge in [0, 0.05) is 38.4 Å². The van der Waals surface area contributed by atoms with Gasteiger partial charge in [0.05, 0.1) is 11.4 Å². The third-order valence-electron chi connectivity index (χ3n) is 6.24. The number of benzene rings is 2. The topological polar surface area (TPSA) is 73.0 Å². The molecule has 2 aromatic rings. The number of nitrogens with one attached hydrogen (secondary N) is 1. The lowest BCUT2D eigenvalue weighted by Crippen LogP contribution is -2.50. The molecule has 0 radical (unpaired) electrons. The molecule has 0 unspecified atom stereocenters. The zero-order valence-electron chi connectivity index (χ0n) is 18.7. The standard InChI is InChI=1S/C24H32N4O3S/c1-20-8-10-22(11-9-20)32(30,31)28-16-14-27(15-17-28)19-24(29)25-23-7-3-2-6-21(23)18-26-12-4-5-13-26/h2-3,6-11H,4-5,12-19H2,1H3,(H,25,29). The molecule has 2 fully saturated rings. The Morgan fingerprint density at radius 2 is 1.53 bits per heavy atom. The molecule has 1 amide bonds. The first kappa shape index (κ1) is 22.9. The van der Waals surface area contributed by atoms with Crippen LogP contribution in [0.3, 0.4) is 0 Å². The Morgan fingerprint density at radius 3 is 2.22 bits per heavy atom. The number of aryl methyl sites for hydroxylation is 1. The highest BCUT2D eigenvalue weighted by atomic mass is 32.2. The number of carbonyl (C=O) groups excluding carboxylic acids is 1. The van der Waals surface area contributed by atoms with Gasteiger partial charge in [0.1, 0.15) is 0 Å². The highest BCUT2D eigenvalue weighted by Gasteiger charge is 2.29. The molecule has 2 aromatic carbocycles. The van der Waals surface area contributed by atoms with Crippen molar-refractivity contribution >= 4 is 21.6 Å². The number of sulfonamides is 1. The number of hydrogen-bond acceptors (Lipinski definition) is 5. The Balaban J connectivity index is 1.30. The first-order chi connectivity index (χ1) is 15.4. The molecule has 2 heterocycles. The Labute approximate surface area is 191 Å². The van der Waals surface area contributed by atoms with Crippen molar-refractivity contribution in [2.24, 2.45) is 0 Å². The predicted octanol–water partition coefficient (Wildman–Crippen LogP) is 2.54. The zero-order chi connectivity index (χ0) is 22.6. The molecule has 8 heteroatoms. The van der Waals surface area contributed by atoms with Crippen molar-refractivity contribution in [2.45, 2.75) is 31.2 Å².